The molecule has 1 aliphatic rings. The molecular weight excluding hydrogens is 387 g/mol. The van der Waals surface area contributed by atoms with E-state index in [0.717, 1.165) is 30.3 Å². The molecule has 1 aliphatic carbocycles. The SMILES string of the molecule is CN(c1ccc(NC(=O)/C=C/c2cn(C)c(=O)n(C)c2=O)cc1F)C1CCCCC1. The van der Waals surface area contributed by atoms with E-state index in [2.05, 4.69) is 5.32 Å². The van der Waals surface area contributed by atoms with Crippen LogP contribution in [-0.4, -0.2) is 28.1 Å². The second-order valence-electron chi connectivity index (χ2n) is 7.73. The fraction of sp³-hybridized carbons (Fsp3) is 0.409. The summed E-state index contributed by atoms with van der Waals surface area (Å²) in [6.07, 6.45) is 9.56. The number of amides is 1. The van der Waals surface area contributed by atoms with Crippen LogP contribution in [0.15, 0.2) is 40.1 Å². The van der Waals surface area contributed by atoms with Crippen LogP contribution in [-0.2, 0) is 18.9 Å². The Hall–Kier alpha value is -3.16. The maximum Gasteiger partial charge on any atom is 0.330 e. The van der Waals surface area contributed by atoms with Crippen molar-refractivity contribution in [1.82, 2.24) is 9.13 Å². The average molecular weight is 414 g/mol. The van der Waals surface area contributed by atoms with Gasteiger partial charge in [0.2, 0.25) is 5.91 Å². The number of aryl methyl sites for hydroxylation is 1. The first-order valence-corrected chi connectivity index (χ1v) is 10.1. The van der Waals surface area contributed by atoms with Gasteiger partial charge in [-0.1, -0.05) is 19.3 Å². The van der Waals surface area contributed by atoms with Crippen LogP contribution in [0.4, 0.5) is 15.8 Å². The molecule has 1 fully saturated rings. The highest BCUT2D eigenvalue weighted by atomic mass is 19.1. The molecule has 160 valence electrons. The van der Waals surface area contributed by atoms with Crippen LogP contribution in [0.25, 0.3) is 6.08 Å². The summed E-state index contributed by atoms with van der Waals surface area (Å²) in [5.41, 5.74) is 0.101. The molecule has 7 nitrogen and oxygen atoms in total. The first kappa shape index (κ1) is 21.5. The van der Waals surface area contributed by atoms with E-state index >= 15 is 0 Å². The fourth-order valence-corrected chi connectivity index (χ4v) is 3.84. The van der Waals surface area contributed by atoms with Crippen LogP contribution in [0.5, 0.6) is 0 Å². The highest BCUT2D eigenvalue weighted by Crippen LogP contribution is 2.29. The minimum atomic E-state index is -0.501. The number of hydrogen-bond donors (Lipinski definition) is 1. The van der Waals surface area contributed by atoms with Crippen molar-refractivity contribution in [3.8, 4) is 0 Å². The third-order valence-corrected chi connectivity index (χ3v) is 5.60. The van der Waals surface area contributed by atoms with Gasteiger partial charge in [-0.2, -0.15) is 0 Å². The van der Waals surface area contributed by atoms with Crippen molar-refractivity contribution in [2.45, 2.75) is 38.1 Å². The van der Waals surface area contributed by atoms with Gasteiger partial charge < -0.3 is 14.8 Å². The Morgan fingerprint density at radius 2 is 1.90 bits per heavy atom. The molecule has 1 N–H and O–H groups in total. The van der Waals surface area contributed by atoms with Crippen LogP contribution in [0.1, 0.15) is 37.7 Å². The normalized spacial score (nSPS) is 14.8. The number of hydrogen-bond acceptors (Lipinski definition) is 4. The first-order valence-electron chi connectivity index (χ1n) is 10.1. The van der Waals surface area contributed by atoms with Crippen LogP contribution in [0.2, 0.25) is 0 Å². The predicted octanol–water partition coefficient (Wildman–Crippen LogP) is 2.64. The molecule has 0 unspecified atom stereocenters. The van der Waals surface area contributed by atoms with Gasteiger partial charge in [0.05, 0.1) is 11.3 Å². The molecule has 30 heavy (non-hydrogen) atoms. The van der Waals surface area contributed by atoms with Crippen molar-refractivity contribution in [3.05, 3.63) is 62.7 Å². The molecule has 0 aliphatic heterocycles. The van der Waals surface area contributed by atoms with E-state index in [0.29, 0.717) is 17.4 Å². The minimum absolute atomic E-state index is 0.199. The van der Waals surface area contributed by atoms with Gasteiger partial charge in [-0.05, 0) is 37.1 Å². The third kappa shape index (κ3) is 4.69. The van der Waals surface area contributed by atoms with E-state index in [1.165, 1.54) is 49.5 Å². The lowest BCUT2D eigenvalue weighted by Gasteiger charge is -2.33. The zero-order valence-corrected chi connectivity index (χ0v) is 17.5. The summed E-state index contributed by atoms with van der Waals surface area (Å²) in [4.78, 5) is 38.0. The standard InChI is InChI=1S/C22H27FN4O3/c1-25-14-15(21(29)27(3)22(25)30)9-12-20(28)24-16-10-11-19(18(23)13-16)26(2)17-7-5-4-6-8-17/h9-14,17H,4-8H2,1-3H3,(H,24,28)/b12-9+. The molecule has 1 amide bonds. The van der Waals surface area contributed by atoms with Crippen molar-refractivity contribution >= 4 is 23.4 Å². The Morgan fingerprint density at radius 3 is 2.57 bits per heavy atom. The molecule has 0 saturated heterocycles. The number of anilines is 2. The summed E-state index contributed by atoms with van der Waals surface area (Å²) >= 11 is 0. The number of carbonyl (C=O) groups excluding carboxylic acids is 1. The van der Waals surface area contributed by atoms with Crippen LogP contribution in [0.3, 0.4) is 0 Å². The first-order chi connectivity index (χ1) is 14.3. The maximum atomic E-state index is 14.6. The smallest absolute Gasteiger partial charge is 0.330 e. The number of nitrogens with one attached hydrogen (secondary N) is 1. The van der Waals surface area contributed by atoms with E-state index in [9.17, 15) is 18.8 Å². The summed E-state index contributed by atoms with van der Waals surface area (Å²) in [5.74, 6) is -0.893. The lowest BCUT2D eigenvalue weighted by molar-refractivity contribution is -0.111. The van der Waals surface area contributed by atoms with Crippen LogP contribution < -0.4 is 21.5 Å². The Kier molecular flexibility index (Phi) is 6.54. The van der Waals surface area contributed by atoms with Crippen LogP contribution >= 0.6 is 0 Å². The largest absolute Gasteiger partial charge is 0.369 e. The van der Waals surface area contributed by atoms with Crippen molar-refractivity contribution in [3.63, 3.8) is 0 Å². The monoisotopic (exact) mass is 414 g/mol. The molecule has 2 aromatic rings. The van der Waals surface area contributed by atoms with Gasteiger partial charge in [0.15, 0.2) is 0 Å². The highest BCUT2D eigenvalue weighted by molar-refractivity contribution is 6.01. The fourth-order valence-electron chi connectivity index (χ4n) is 3.84. The van der Waals surface area contributed by atoms with Gasteiger partial charge in [0, 0.05) is 45.1 Å². The van der Waals surface area contributed by atoms with E-state index in [4.69, 9.17) is 0 Å². The lowest BCUT2D eigenvalue weighted by atomic mass is 9.94. The highest BCUT2D eigenvalue weighted by Gasteiger charge is 2.20. The zero-order chi connectivity index (χ0) is 21.8. The van der Waals surface area contributed by atoms with Crippen molar-refractivity contribution < 1.29 is 9.18 Å². The quantitative estimate of drug-likeness (QED) is 0.764. The second-order valence-corrected chi connectivity index (χ2v) is 7.73. The molecule has 1 heterocycles. The molecule has 0 radical (unpaired) electrons. The van der Waals surface area contributed by atoms with Crippen LogP contribution in [0, 0.1) is 5.82 Å². The molecule has 8 heteroatoms. The summed E-state index contributed by atoms with van der Waals surface area (Å²) in [6.45, 7) is 0. The average Bonchev–Trinajstić information content (AvgIpc) is 2.74. The summed E-state index contributed by atoms with van der Waals surface area (Å²) in [5, 5.41) is 2.60. The number of halogens is 1. The Labute approximate surface area is 174 Å². The summed E-state index contributed by atoms with van der Waals surface area (Å²) in [6, 6.07) is 4.97. The number of rotatable bonds is 5. The van der Waals surface area contributed by atoms with Gasteiger partial charge >= 0.3 is 5.69 Å². The van der Waals surface area contributed by atoms with Gasteiger partial charge in [0.25, 0.3) is 5.56 Å². The molecule has 1 aromatic carbocycles. The van der Waals surface area contributed by atoms with E-state index in [-0.39, 0.29) is 5.56 Å². The molecular formula is C22H27FN4O3. The number of nitrogens with zero attached hydrogens (tertiary/aromatic N) is 3. The van der Waals surface area contributed by atoms with Gasteiger partial charge in [-0.3, -0.25) is 14.2 Å². The Balaban J connectivity index is 1.70. The number of aromatic nitrogens is 2. The van der Waals surface area contributed by atoms with Gasteiger partial charge in [0.1, 0.15) is 5.82 Å². The van der Waals surface area contributed by atoms with Crippen molar-refractivity contribution in [1.29, 1.82) is 0 Å². The van der Waals surface area contributed by atoms with Gasteiger partial charge in [-0.15, -0.1) is 0 Å². The zero-order valence-electron chi connectivity index (χ0n) is 17.5. The molecule has 1 aromatic heterocycles. The van der Waals surface area contributed by atoms with E-state index < -0.39 is 23.0 Å². The van der Waals surface area contributed by atoms with Crippen molar-refractivity contribution in [2.24, 2.45) is 14.1 Å². The molecule has 0 atom stereocenters. The molecule has 0 spiro atoms. The van der Waals surface area contributed by atoms with Crippen molar-refractivity contribution in [2.75, 3.05) is 17.3 Å². The number of benzene rings is 1. The Bertz CT molecular complexity index is 1080. The predicted molar refractivity (Wildman–Crippen MR) is 116 cm³/mol. The topological polar surface area (TPSA) is 76.3 Å². The Morgan fingerprint density at radius 1 is 1.20 bits per heavy atom. The maximum absolute atomic E-state index is 14.6. The molecule has 3 rings (SSSR count). The molecule has 1 saturated carbocycles. The second kappa shape index (κ2) is 9.11. The summed E-state index contributed by atoms with van der Waals surface area (Å²) in [7, 11) is 4.80. The summed E-state index contributed by atoms with van der Waals surface area (Å²) < 4.78 is 16.9. The lowest BCUT2D eigenvalue weighted by Crippen LogP contribution is -2.37. The molecule has 0 bridgehead atoms. The van der Waals surface area contributed by atoms with E-state index in [1.54, 1.807) is 12.1 Å². The number of carbonyl (C=O) groups is 1. The van der Waals surface area contributed by atoms with E-state index in [1.807, 2.05) is 11.9 Å². The minimum Gasteiger partial charge on any atom is -0.369 e. The van der Waals surface area contributed by atoms with Gasteiger partial charge in [-0.25, -0.2) is 9.18 Å². The third-order valence-electron chi connectivity index (χ3n) is 5.60.